The van der Waals surface area contributed by atoms with Crippen molar-refractivity contribution in [3.05, 3.63) is 90.0 Å². The van der Waals surface area contributed by atoms with E-state index in [9.17, 15) is 32.7 Å². The van der Waals surface area contributed by atoms with E-state index in [1.807, 2.05) is 6.92 Å². The van der Waals surface area contributed by atoms with Crippen molar-refractivity contribution in [1.29, 1.82) is 0 Å². The summed E-state index contributed by atoms with van der Waals surface area (Å²) in [5.41, 5.74) is 2.24. The third kappa shape index (κ3) is 11.6. The van der Waals surface area contributed by atoms with E-state index in [0.29, 0.717) is 35.7 Å². The number of aliphatic hydroxyl groups is 1. The van der Waals surface area contributed by atoms with Crippen LogP contribution in [0.15, 0.2) is 78.9 Å². The Balaban J connectivity index is 1.50. The van der Waals surface area contributed by atoms with Crippen LogP contribution >= 0.6 is 0 Å². The van der Waals surface area contributed by atoms with Gasteiger partial charge in [0.1, 0.15) is 18.5 Å². The predicted molar refractivity (Wildman–Crippen MR) is 159 cm³/mol. The second-order valence-electron chi connectivity index (χ2n) is 9.75. The van der Waals surface area contributed by atoms with E-state index >= 15 is 0 Å². The highest BCUT2D eigenvalue weighted by Crippen LogP contribution is 2.19. The first-order valence-corrected chi connectivity index (χ1v) is 13.9. The van der Waals surface area contributed by atoms with E-state index in [1.54, 1.807) is 78.9 Å². The molecule has 3 amide bonds. The van der Waals surface area contributed by atoms with Gasteiger partial charge in [-0.1, -0.05) is 37.3 Å². The second kappa shape index (κ2) is 16.9. The van der Waals surface area contributed by atoms with Gasteiger partial charge < -0.3 is 35.8 Å². The number of esters is 1. The lowest BCUT2D eigenvalue weighted by Crippen LogP contribution is -2.44. The van der Waals surface area contributed by atoms with Gasteiger partial charge in [0.15, 0.2) is 0 Å². The summed E-state index contributed by atoms with van der Waals surface area (Å²) in [6, 6.07) is 20.5. The molecule has 3 aromatic carbocycles. The van der Waals surface area contributed by atoms with Gasteiger partial charge in [0.2, 0.25) is 0 Å². The molecule has 10 nitrogen and oxygen atoms in total. The first-order chi connectivity index (χ1) is 21.1. The van der Waals surface area contributed by atoms with Crippen LogP contribution in [-0.2, 0) is 16.0 Å². The van der Waals surface area contributed by atoms with Gasteiger partial charge in [-0.2, -0.15) is 13.2 Å². The number of nitrogens with one attached hydrogen (secondary N) is 4. The Kier molecular flexibility index (Phi) is 13.0. The van der Waals surface area contributed by atoms with Gasteiger partial charge >= 0.3 is 18.2 Å². The normalized spacial score (nSPS) is 12.5. The summed E-state index contributed by atoms with van der Waals surface area (Å²) in [5, 5.41) is 20.9. The number of halogens is 3. The molecule has 44 heavy (non-hydrogen) atoms. The topological polar surface area (TPSA) is 138 Å². The number of benzene rings is 3. The van der Waals surface area contributed by atoms with Crippen LogP contribution in [0.3, 0.4) is 0 Å². The minimum Gasteiger partial charge on any atom is -0.490 e. The maximum Gasteiger partial charge on any atom is 0.490 e. The molecule has 0 aliphatic heterocycles. The van der Waals surface area contributed by atoms with E-state index in [-0.39, 0.29) is 25.7 Å². The number of ether oxygens (including phenoxy) is 2. The van der Waals surface area contributed by atoms with E-state index in [0.717, 1.165) is 12.0 Å². The molecule has 0 spiro atoms. The Morgan fingerprint density at radius 1 is 0.886 bits per heavy atom. The summed E-state index contributed by atoms with van der Waals surface area (Å²) >= 11 is 0. The fourth-order valence-electron chi connectivity index (χ4n) is 3.91. The molecule has 0 aromatic heterocycles. The number of para-hydroxylation sites is 1. The molecule has 0 radical (unpaired) electrons. The lowest BCUT2D eigenvalue weighted by molar-refractivity contribution is -0.205. The summed E-state index contributed by atoms with van der Waals surface area (Å²) in [5.74, 6) is -2.13. The molecule has 3 aromatic rings. The molecule has 3 rings (SSSR count). The van der Waals surface area contributed by atoms with Gasteiger partial charge in [-0.05, 0) is 66.9 Å². The number of carbonyl (C=O) groups is 3. The van der Waals surface area contributed by atoms with Crippen molar-refractivity contribution in [1.82, 2.24) is 10.6 Å². The van der Waals surface area contributed by atoms with E-state index in [2.05, 4.69) is 26.0 Å². The molecule has 0 saturated carbocycles. The lowest BCUT2D eigenvalue weighted by atomic mass is 10.1. The standard InChI is InChI=1S/C31H35F3N4O6/c1-2-16-35-28(40)22-10-14-24(15-11-22)38-30(42)37-23-12-8-21(9-13-23)17-25(19-39)36-18-27(44-29(41)31(32,33)34)20-43-26-6-4-3-5-7-26/h3-15,25,27,36,39H,2,16-20H2,1H3,(H,35,40)(H2,37,38,42)/t25-,27-/m0/s1. The second-order valence-corrected chi connectivity index (χ2v) is 9.75. The number of hydrogen-bond donors (Lipinski definition) is 5. The van der Waals surface area contributed by atoms with Crippen molar-refractivity contribution in [3.63, 3.8) is 0 Å². The highest BCUT2D eigenvalue weighted by molar-refractivity contribution is 6.00. The minimum atomic E-state index is -5.16. The quantitative estimate of drug-likeness (QED) is 0.158. The van der Waals surface area contributed by atoms with Crippen LogP contribution in [0.25, 0.3) is 0 Å². The molecule has 2 atom stereocenters. The van der Waals surface area contributed by atoms with Crippen LogP contribution in [0.5, 0.6) is 5.75 Å². The maximum absolute atomic E-state index is 12.8. The molecule has 0 fully saturated rings. The highest BCUT2D eigenvalue weighted by Gasteiger charge is 2.42. The van der Waals surface area contributed by atoms with Crippen LogP contribution in [0.4, 0.5) is 29.3 Å². The van der Waals surface area contributed by atoms with Gasteiger partial charge in [0.05, 0.1) is 6.61 Å². The first kappa shape index (κ1) is 33.9. The number of anilines is 2. The lowest BCUT2D eigenvalue weighted by Gasteiger charge is -2.23. The summed E-state index contributed by atoms with van der Waals surface area (Å²) in [4.78, 5) is 35.9. The number of amides is 3. The molecular weight excluding hydrogens is 581 g/mol. The van der Waals surface area contributed by atoms with Gasteiger partial charge in [-0.25, -0.2) is 9.59 Å². The average Bonchev–Trinajstić information content (AvgIpc) is 3.01. The van der Waals surface area contributed by atoms with Gasteiger partial charge in [-0.3, -0.25) is 4.79 Å². The smallest absolute Gasteiger partial charge is 0.490 e. The van der Waals surface area contributed by atoms with Crippen LogP contribution in [-0.4, -0.2) is 67.6 Å². The summed E-state index contributed by atoms with van der Waals surface area (Å²) in [6.07, 6.45) is -5.33. The summed E-state index contributed by atoms with van der Waals surface area (Å²) in [7, 11) is 0. The largest absolute Gasteiger partial charge is 0.490 e. The van der Waals surface area contributed by atoms with E-state index < -0.39 is 30.3 Å². The molecular formula is C31H35F3N4O6. The molecule has 0 bridgehead atoms. The molecule has 0 saturated heterocycles. The molecule has 0 heterocycles. The van der Waals surface area contributed by atoms with Crippen LogP contribution in [0.1, 0.15) is 29.3 Å². The predicted octanol–water partition coefficient (Wildman–Crippen LogP) is 4.52. The number of aliphatic hydroxyl groups excluding tert-OH is 1. The number of urea groups is 1. The molecule has 0 aliphatic rings. The van der Waals surface area contributed by atoms with Crippen LogP contribution in [0, 0.1) is 0 Å². The Bertz CT molecular complexity index is 1340. The number of rotatable bonds is 15. The Hall–Kier alpha value is -4.62. The average molecular weight is 617 g/mol. The van der Waals surface area contributed by atoms with Crippen molar-refractivity contribution in [2.24, 2.45) is 0 Å². The molecule has 0 aliphatic carbocycles. The Labute approximate surface area is 252 Å². The monoisotopic (exact) mass is 616 g/mol. The number of alkyl halides is 3. The number of carbonyl (C=O) groups excluding carboxylic acids is 3. The third-order valence-electron chi connectivity index (χ3n) is 6.17. The zero-order valence-electron chi connectivity index (χ0n) is 24.0. The number of hydrogen-bond acceptors (Lipinski definition) is 7. The minimum absolute atomic E-state index is 0.191. The van der Waals surface area contributed by atoms with E-state index in [1.165, 1.54) is 0 Å². The summed E-state index contributed by atoms with van der Waals surface area (Å²) < 4.78 is 48.5. The Morgan fingerprint density at radius 2 is 1.50 bits per heavy atom. The van der Waals surface area contributed by atoms with Crippen LogP contribution in [0.2, 0.25) is 0 Å². The molecule has 13 heteroatoms. The third-order valence-corrected chi connectivity index (χ3v) is 6.17. The van der Waals surface area contributed by atoms with Gasteiger partial charge in [0.25, 0.3) is 5.91 Å². The van der Waals surface area contributed by atoms with Crippen molar-refractivity contribution < 1.29 is 42.1 Å². The molecule has 5 N–H and O–H groups in total. The Morgan fingerprint density at radius 3 is 2.07 bits per heavy atom. The zero-order chi connectivity index (χ0) is 32.0. The van der Waals surface area contributed by atoms with Gasteiger partial charge in [0, 0.05) is 36.1 Å². The van der Waals surface area contributed by atoms with E-state index in [4.69, 9.17) is 4.74 Å². The summed E-state index contributed by atoms with van der Waals surface area (Å²) in [6.45, 7) is 1.64. The van der Waals surface area contributed by atoms with Crippen molar-refractivity contribution in [3.8, 4) is 5.75 Å². The van der Waals surface area contributed by atoms with Crippen molar-refractivity contribution in [2.75, 3.05) is 36.9 Å². The van der Waals surface area contributed by atoms with Crippen LogP contribution < -0.4 is 26.0 Å². The molecule has 236 valence electrons. The zero-order valence-corrected chi connectivity index (χ0v) is 24.0. The maximum atomic E-state index is 12.8. The molecule has 0 unspecified atom stereocenters. The highest BCUT2D eigenvalue weighted by atomic mass is 19.4. The van der Waals surface area contributed by atoms with Crippen molar-refractivity contribution >= 4 is 29.3 Å². The fraction of sp³-hybridized carbons (Fsp3) is 0.323. The SMILES string of the molecule is CCCNC(=O)c1ccc(NC(=O)Nc2ccc(C[C@@H](CO)NC[C@@H](COc3ccccc3)OC(=O)C(F)(F)F)cc2)cc1. The van der Waals surface area contributed by atoms with Gasteiger partial charge in [-0.15, -0.1) is 0 Å². The fourth-order valence-corrected chi connectivity index (χ4v) is 3.91. The first-order valence-electron chi connectivity index (χ1n) is 13.9. The van der Waals surface area contributed by atoms with Crippen molar-refractivity contribution in [2.45, 2.75) is 38.1 Å².